The number of nitrogens with zero attached hydrogens (tertiary/aromatic N) is 1. The van der Waals surface area contributed by atoms with E-state index in [1.807, 2.05) is 0 Å². The first-order chi connectivity index (χ1) is 5.07. The summed E-state index contributed by atoms with van der Waals surface area (Å²) in [6.45, 7) is 1.56. The molecule has 0 radical (unpaired) electrons. The molecule has 64 valence electrons. The predicted octanol–water partition coefficient (Wildman–Crippen LogP) is -1.50. The lowest BCUT2D eigenvalue weighted by molar-refractivity contribution is -0.133. The van der Waals surface area contributed by atoms with Crippen molar-refractivity contribution in [1.29, 1.82) is 0 Å². The zero-order valence-electron chi connectivity index (χ0n) is 6.76. The second-order valence-electron chi connectivity index (χ2n) is 2.18. The minimum Gasteiger partial charge on any atom is -0.342 e. The maximum absolute atomic E-state index is 10.8. The molecule has 0 fully saturated rings. The Morgan fingerprint density at radius 3 is 2.45 bits per heavy atom. The Bertz CT molecular complexity index is 158. The molecule has 0 heterocycles. The molecule has 0 aliphatic heterocycles. The van der Waals surface area contributed by atoms with E-state index in [1.165, 1.54) is 11.8 Å². The van der Waals surface area contributed by atoms with Gasteiger partial charge in [0.05, 0.1) is 13.2 Å². The normalized spacial score (nSPS) is 9.00. The van der Waals surface area contributed by atoms with Gasteiger partial charge in [-0.2, -0.15) is 0 Å². The van der Waals surface area contributed by atoms with Gasteiger partial charge in [-0.3, -0.25) is 9.59 Å². The van der Waals surface area contributed by atoms with Crippen LogP contribution in [0.25, 0.3) is 0 Å². The first kappa shape index (κ1) is 9.90. The van der Waals surface area contributed by atoms with E-state index in [9.17, 15) is 9.59 Å². The zero-order valence-corrected chi connectivity index (χ0v) is 6.76. The van der Waals surface area contributed by atoms with Gasteiger partial charge in [0.2, 0.25) is 11.8 Å². The van der Waals surface area contributed by atoms with Crippen LogP contribution < -0.4 is 11.1 Å². The van der Waals surface area contributed by atoms with Gasteiger partial charge in [0.25, 0.3) is 0 Å². The Morgan fingerprint density at radius 2 is 2.09 bits per heavy atom. The van der Waals surface area contributed by atoms with Gasteiger partial charge in [0, 0.05) is 14.0 Å². The van der Waals surface area contributed by atoms with Crippen LogP contribution in [-0.2, 0) is 9.59 Å². The third-order valence-electron chi connectivity index (χ3n) is 1.22. The average molecular weight is 159 g/mol. The van der Waals surface area contributed by atoms with E-state index in [0.717, 1.165) is 0 Å². The maximum Gasteiger partial charge on any atom is 0.240 e. The number of likely N-dealkylation sites (N-methyl/N-ethyl adjacent to an activating group) is 1. The summed E-state index contributed by atoms with van der Waals surface area (Å²) in [6, 6.07) is 0. The Kier molecular flexibility index (Phi) is 4.21. The summed E-state index contributed by atoms with van der Waals surface area (Å²) in [5.74, 6) is -0.387. The summed E-state index contributed by atoms with van der Waals surface area (Å²) < 4.78 is 0. The quantitative estimate of drug-likeness (QED) is 0.492. The Morgan fingerprint density at radius 1 is 1.55 bits per heavy atom. The van der Waals surface area contributed by atoms with Gasteiger partial charge in [-0.25, -0.2) is 0 Å². The molecular formula is C6H13N3O2. The molecule has 0 aliphatic carbocycles. The molecule has 0 unspecified atom stereocenters. The first-order valence-corrected chi connectivity index (χ1v) is 3.26. The molecule has 5 nitrogen and oxygen atoms in total. The van der Waals surface area contributed by atoms with Crippen molar-refractivity contribution >= 4 is 11.8 Å². The summed E-state index contributed by atoms with van der Waals surface area (Å²) in [7, 11) is 1.55. The number of carbonyl (C=O) groups is 2. The second-order valence-corrected chi connectivity index (χ2v) is 2.18. The van der Waals surface area contributed by atoms with Crippen molar-refractivity contribution in [1.82, 2.24) is 10.2 Å². The van der Waals surface area contributed by atoms with Crippen LogP contribution in [0.2, 0.25) is 0 Å². The largest absolute Gasteiger partial charge is 0.342 e. The van der Waals surface area contributed by atoms with Crippen LogP contribution in [0.15, 0.2) is 0 Å². The predicted molar refractivity (Wildman–Crippen MR) is 40.5 cm³/mol. The van der Waals surface area contributed by atoms with Crippen LogP contribution in [0.4, 0.5) is 0 Å². The number of hydrogen-bond donors (Lipinski definition) is 2. The highest BCUT2D eigenvalue weighted by Gasteiger charge is 2.06. The van der Waals surface area contributed by atoms with Crippen molar-refractivity contribution in [2.75, 3.05) is 20.3 Å². The minimum absolute atomic E-state index is 0.0620. The summed E-state index contributed by atoms with van der Waals surface area (Å²) in [5.41, 5.74) is 5.05. The molecule has 0 aliphatic rings. The monoisotopic (exact) mass is 159 g/mol. The highest BCUT2D eigenvalue weighted by Crippen LogP contribution is 1.81. The van der Waals surface area contributed by atoms with Gasteiger partial charge in [-0.1, -0.05) is 0 Å². The molecule has 3 N–H and O–H groups in total. The van der Waals surface area contributed by atoms with E-state index >= 15 is 0 Å². The lowest BCUT2D eigenvalue weighted by Gasteiger charge is -2.13. The van der Waals surface area contributed by atoms with Crippen molar-refractivity contribution in [3.8, 4) is 0 Å². The van der Waals surface area contributed by atoms with Crippen LogP contribution in [-0.4, -0.2) is 37.0 Å². The van der Waals surface area contributed by atoms with E-state index in [-0.39, 0.29) is 25.0 Å². The molecule has 11 heavy (non-hydrogen) atoms. The summed E-state index contributed by atoms with van der Waals surface area (Å²) in [5, 5.41) is 2.38. The van der Waals surface area contributed by atoms with E-state index in [4.69, 9.17) is 5.73 Å². The first-order valence-electron chi connectivity index (χ1n) is 3.26. The van der Waals surface area contributed by atoms with Crippen LogP contribution in [0.5, 0.6) is 0 Å². The third kappa shape index (κ3) is 4.32. The van der Waals surface area contributed by atoms with Crippen molar-refractivity contribution in [2.45, 2.75) is 6.92 Å². The molecule has 0 spiro atoms. The minimum atomic E-state index is -0.245. The number of nitrogens with two attached hydrogens (primary N) is 1. The summed E-state index contributed by atoms with van der Waals surface area (Å²) >= 11 is 0. The average Bonchev–Trinajstić information content (AvgIpc) is 1.87. The fraction of sp³-hybridized carbons (Fsp3) is 0.667. The zero-order chi connectivity index (χ0) is 8.85. The molecule has 0 aromatic carbocycles. The fourth-order valence-corrected chi connectivity index (χ4v) is 0.496. The number of nitrogens with one attached hydrogen (secondary N) is 1. The topological polar surface area (TPSA) is 75.4 Å². The molecule has 0 aromatic rings. The highest BCUT2D eigenvalue weighted by molar-refractivity contribution is 5.83. The highest BCUT2D eigenvalue weighted by atomic mass is 16.2. The van der Waals surface area contributed by atoms with Gasteiger partial charge >= 0.3 is 0 Å². The van der Waals surface area contributed by atoms with Crippen molar-refractivity contribution < 1.29 is 9.59 Å². The molecule has 5 heteroatoms. The van der Waals surface area contributed by atoms with Gasteiger partial charge in [0.15, 0.2) is 0 Å². The Hall–Kier alpha value is -1.10. The summed E-state index contributed by atoms with van der Waals surface area (Å²) in [6.07, 6.45) is 0. The molecular weight excluding hydrogens is 146 g/mol. The van der Waals surface area contributed by atoms with E-state index < -0.39 is 0 Å². The van der Waals surface area contributed by atoms with Crippen LogP contribution >= 0.6 is 0 Å². The number of amides is 2. The smallest absolute Gasteiger partial charge is 0.240 e. The van der Waals surface area contributed by atoms with Gasteiger partial charge in [0.1, 0.15) is 0 Å². The summed E-state index contributed by atoms with van der Waals surface area (Å²) in [4.78, 5) is 22.7. The second kappa shape index (κ2) is 4.68. The van der Waals surface area contributed by atoms with Gasteiger partial charge in [-0.05, 0) is 0 Å². The Balaban J connectivity index is 3.66. The van der Waals surface area contributed by atoms with Crippen molar-refractivity contribution in [2.24, 2.45) is 5.73 Å². The van der Waals surface area contributed by atoms with Crippen LogP contribution in [0.1, 0.15) is 6.92 Å². The number of hydrogen-bond acceptors (Lipinski definition) is 3. The van der Waals surface area contributed by atoms with Gasteiger partial charge < -0.3 is 16.0 Å². The van der Waals surface area contributed by atoms with E-state index in [0.29, 0.717) is 0 Å². The van der Waals surface area contributed by atoms with Crippen LogP contribution in [0.3, 0.4) is 0 Å². The molecule has 0 aromatic heterocycles. The molecule has 0 bridgehead atoms. The standard InChI is InChI=1S/C6H13N3O2/c1-5(10)9(2)3-6(11)8-4-7/h3-4,7H2,1-2H3,(H,8,11). The number of rotatable bonds is 3. The lowest BCUT2D eigenvalue weighted by atomic mass is 10.5. The van der Waals surface area contributed by atoms with E-state index in [2.05, 4.69) is 5.32 Å². The fourth-order valence-electron chi connectivity index (χ4n) is 0.496. The molecule has 0 saturated carbocycles. The van der Waals surface area contributed by atoms with Crippen molar-refractivity contribution in [3.63, 3.8) is 0 Å². The SMILES string of the molecule is CC(=O)N(C)CC(=O)NCN. The number of carbonyl (C=O) groups excluding carboxylic acids is 2. The molecule has 0 rings (SSSR count). The molecule has 0 atom stereocenters. The van der Waals surface area contributed by atoms with Gasteiger partial charge in [-0.15, -0.1) is 0 Å². The van der Waals surface area contributed by atoms with Crippen LogP contribution in [0, 0.1) is 0 Å². The molecule has 2 amide bonds. The van der Waals surface area contributed by atoms with Crippen molar-refractivity contribution in [3.05, 3.63) is 0 Å². The Labute approximate surface area is 65.5 Å². The van der Waals surface area contributed by atoms with E-state index in [1.54, 1.807) is 7.05 Å². The maximum atomic E-state index is 10.8. The third-order valence-corrected chi connectivity index (χ3v) is 1.22. The molecule has 0 saturated heterocycles. The lowest BCUT2D eigenvalue weighted by Crippen LogP contribution is -2.39.